The second-order valence-corrected chi connectivity index (χ2v) is 6.01. The fourth-order valence-electron chi connectivity index (χ4n) is 1.72. The maximum absolute atomic E-state index is 13.0. The molecular weight excluding hydrogens is 382 g/mol. The quantitative estimate of drug-likeness (QED) is 0.513. The zero-order chi connectivity index (χ0) is 15.6. The van der Waals surface area contributed by atoms with Gasteiger partial charge in [0.25, 0.3) is 0 Å². The zero-order valence-corrected chi connectivity index (χ0v) is 14.0. The van der Waals surface area contributed by atoms with Crippen molar-refractivity contribution in [1.29, 1.82) is 0 Å². The van der Waals surface area contributed by atoms with Gasteiger partial charge in [0.15, 0.2) is 0 Å². The van der Waals surface area contributed by atoms with E-state index in [1.807, 2.05) is 0 Å². The molecule has 21 heavy (non-hydrogen) atoms. The molecule has 1 atom stereocenters. The van der Waals surface area contributed by atoms with Gasteiger partial charge in [-0.2, -0.15) is 0 Å². The minimum Gasteiger partial charge on any atom is -0.471 e. The van der Waals surface area contributed by atoms with Crippen molar-refractivity contribution in [2.75, 3.05) is 0 Å². The largest absolute Gasteiger partial charge is 0.471 e. The third-order valence-electron chi connectivity index (χ3n) is 2.77. The van der Waals surface area contributed by atoms with Gasteiger partial charge in [0.2, 0.25) is 10.8 Å². The number of hydrogen-bond acceptors (Lipinski definition) is 2. The van der Waals surface area contributed by atoms with Gasteiger partial charge in [0, 0.05) is 10.6 Å². The first-order valence-corrected chi connectivity index (χ1v) is 7.62. The highest BCUT2D eigenvalue weighted by Crippen LogP contribution is 2.26. The molecule has 0 aliphatic heterocycles. The van der Waals surface area contributed by atoms with Crippen LogP contribution >= 0.6 is 39.1 Å². The second-order valence-electron chi connectivity index (χ2n) is 4.33. The maximum atomic E-state index is 13.0. The van der Waals surface area contributed by atoms with E-state index >= 15 is 0 Å². The Hall–Kier alpha value is -1.10. The van der Waals surface area contributed by atoms with Crippen molar-refractivity contribution in [2.45, 2.75) is 11.9 Å². The molecule has 0 radical (unpaired) electrons. The number of ketones is 1. The van der Waals surface area contributed by atoms with E-state index in [9.17, 15) is 9.18 Å². The molecule has 2 rings (SSSR count). The average molecular weight is 392 g/mol. The number of rotatable bonds is 4. The zero-order valence-electron chi connectivity index (χ0n) is 10.9. The predicted octanol–water partition coefficient (Wildman–Crippen LogP) is 5.42. The molecule has 0 N–H and O–H groups in total. The lowest BCUT2D eigenvalue weighted by Crippen LogP contribution is -2.21. The molecule has 0 aliphatic carbocycles. The second kappa shape index (κ2) is 6.77. The Labute approximate surface area is 139 Å². The van der Waals surface area contributed by atoms with Crippen molar-refractivity contribution in [1.82, 2.24) is 0 Å². The fraction of sp³-hybridized carbons (Fsp3) is 0.133. The normalized spacial score (nSPS) is 12.0. The Balaban J connectivity index is 2.19. The number of alkyl halides is 1. The summed E-state index contributed by atoms with van der Waals surface area (Å²) in [5, 5.41) is -0.241. The SMILES string of the molecule is Cc1cc(F)ccc1OC(Br)C(=O)c1ccc(Cl)cc1Cl. The van der Waals surface area contributed by atoms with Gasteiger partial charge >= 0.3 is 0 Å². The van der Waals surface area contributed by atoms with Crippen LogP contribution in [0.1, 0.15) is 15.9 Å². The third kappa shape index (κ3) is 3.96. The minimum absolute atomic E-state index is 0.247. The number of carbonyl (C=O) groups excluding carboxylic acids is 1. The number of aryl methyl sites for hydroxylation is 1. The van der Waals surface area contributed by atoms with Crippen molar-refractivity contribution in [3.8, 4) is 5.75 Å². The molecule has 2 nitrogen and oxygen atoms in total. The van der Waals surface area contributed by atoms with Gasteiger partial charge in [-0.15, -0.1) is 0 Å². The molecule has 0 bridgehead atoms. The Kier molecular flexibility index (Phi) is 5.25. The van der Waals surface area contributed by atoms with Crippen LogP contribution in [0.3, 0.4) is 0 Å². The van der Waals surface area contributed by atoms with Gasteiger partial charge in [0.1, 0.15) is 11.6 Å². The molecule has 0 aliphatic rings. The predicted molar refractivity (Wildman–Crippen MR) is 85.3 cm³/mol. The molecule has 2 aromatic carbocycles. The topological polar surface area (TPSA) is 26.3 Å². The van der Waals surface area contributed by atoms with E-state index in [0.717, 1.165) is 0 Å². The molecule has 110 valence electrons. The lowest BCUT2D eigenvalue weighted by molar-refractivity contribution is 0.0897. The monoisotopic (exact) mass is 390 g/mol. The van der Waals surface area contributed by atoms with Crippen LogP contribution in [0.5, 0.6) is 5.75 Å². The summed E-state index contributed by atoms with van der Waals surface area (Å²) in [6, 6.07) is 8.65. The smallest absolute Gasteiger partial charge is 0.215 e. The molecule has 0 amide bonds. The molecule has 0 heterocycles. The third-order valence-corrected chi connectivity index (χ3v) is 3.92. The lowest BCUT2D eigenvalue weighted by Gasteiger charge is -2.14. The van der Waals surface area contributed by atoms with Crippen LogP contribution in [-0.2, 0) is 0 Å². The molecule has 0 spiro atoms. The molecule has 0 fully saturated rings. The van der Waals surface area contributed by atoms with Gasteiger partial charge in [-0.05, 0) is 64.8 Å². The van der Waals surface area contributed by atoms with Crippen LogP contribution in [0.15, 0.2) is 36.4 Å². The van der Waals surface area contributed by atoms with Crippen LogP contribution in [-0.4, -0.2) is 10.8 Å². The Bertz CT molecular complexity index is 691. The first kappa shape index (κ1) is 16.3. The van der Waals surface area contributed by atoms with E-state index in [1.165, 1.54) is 30.3 Å². The molecular formula is C15H10BrCl2FO2. The molecule has 0 aromatic heterocycles. The summed E-state index contributed by atoms with van der Waals surface area (Å²) in [5.41, 5.74) is 0.886. The van der Waals surface area contributed by atoms with Crippen LogP contribution in [0.2, 0.25) is 10.0 Å². The molecule has 1 unspecified atom stereocenters. The number of Topliss-reactive ketones (excluding diaryl/α,β-unsaturated/α-hetero) is 1. The summed E-state index contributed by atoms with van der Waals surface area (Å²) in [6.45, 7) is 1.69. The summed E-state index contributed by atoms with van der Waals surface area (Å²) >= 11 is 14.9. The first-order chi connectivity index (χ1) is 9.88. The van der Waals surface area contributed by atoms with Crippen LogP contribution in [0, 0.1) is 12.7 Å². The first-order valence-electron chi connectivity index (χ1n) is 5.94. The van der Waals surface area contributed by atoms with E-state index in [1.54, 1.807) is 13.0 Å². The fourth-order valence-corrected chi connectivity index (χ4v) is 2.67. The number of benzene rings is 2. The number of hydrogen-bond donors (Lipinski definition) is 0. The van der Waals surface area contributed by atoms with Crippen LogP contribution in [0.25, 0.3) is 0 Å². The maximum Gasteiger partial charge on any atom is 0.215 e. The average Bonchev–Trinajstić information content (AvgIpc) is 2.41. The van der Waals surface area contributed by atoms with Crippen molar-refractivity contribution >= 4 is 44.9 Å². The van der Waals surface area contributed by atoms with Crippen molar-refractivity contribution < 1.29 is 13.9 Å². The van der Waals surface area contributed by atoms with E-state index in [2.05, 4.69) is 15.9 Å². The van der Waals surface area contributed by atoms with Crippen LogP contribution in [0.4, 0.5) is 4.39 Å². The van der Waals surface area contributed by atoms with Gasteiger partial charge < -0.3 is 4.74 Å². The summed E-state index contributed by atoms with van der Waals surface area (Å²) < 4.78 is 18.5. The number of carbonyl (C=O) groups is 1. The summed E-state index contributed by atoms with van der Waals surface area (Å²) in [6.07, 6.45) is 0. The Morgan fingerprint density at radius 3 is 2.57 bits per heavy atom. The van der Waals surface area contributed by atoms with E-state index in [0.29, 0.717) is 21.9 Å². The summed E-state index contributed by atoms with van der Waals surface area (Å²) in [4.78, 5) is 12.3. The summed E-state index contributed by atoms with van der Waals surface area (Å²) in [5.74, 6) is -0.296. The van der Waals surface area contributed by atoms with Crippen molar-refractivity contribution in [3.05, 3.63) is 63.4 Å². The van der Waals surface area contributed by atoms with Gasteiger partial charge in [-0.25, -0.2) is 4.39 Å². The molecule has 0 saturated carbocycles. The Morgan fingerprint density at radius 1 is 1.24 bits per heavy atom. The highest BCUT2D eigenvalue weighted by molar-refractivity contribution is 9.09. The van der Waals surface area contributed by atoms with Crippen molar-refractivity contribution in [3.63, 3.8) is 0 Å². The molecule has 6 heteroatoms. The van der Waals surface area contributed by atoms with Gasteiger partial charge in [0.05, 0.1) is 5.02 Å². The van der Waals surface area contributed by atoms with Crippen LogP contribution < -0.4 is 4.74 Å². The van der Waals surface area contributed by atoms with Gasteiger partial charge in [-0.3, -0.25) is 4.79 Å². The van der Waals surface area contributed by atoms with E-state index in [-0.39, 0.29) is 16.6 Å². The van der Waals surface area contributed by atoms with E-state index in [4.69, 9.17) is 27.9 Å². The Morgan fingerprint density at radius 2 is 1.95 bits per heavy atom. The standard InChI is InChI=1S/C15H10BrCl2FO2/c1-8-6-10(19)3-5-13(8)21-15(16)14(20)11-4-2-9(17)7-12(11)18/h2-7,15H,1H3. The molecule has 0 saturated heterocycles. The minimum atomic E-state index is -0.930. The lowest BCUT2D eigenvalue weighted by atomic mass is 10.1. The van der Waals surface area contributed by atoms with E-state index < -0.39 is 5.01 Å². The summed E-state index contributed by atoms with van der Waals surface area (Å²) in [7, 11) is 0. The highest BCUT2D eigenvalue weighted by atomic mass is 79.9. The molecule has 2 aromatic rings. The number of ether oxygens (including phenoxy) is 1. The van der Waals surface area contributed by atoms with Crippen molar-refractivity contribution in [2.24, 2.45) is 0 Å². The highest BCUT2D eigenvalue weighted by Gasteiger charge is 2.22. The van der Waals surface area contributed by atoms with Gasteiger partial charge in [-0.1, -0.05) is 23.2 Å². The number of halogens is 4.